The van der Waals surface area contributed by atoms with Gasteiger partial charge in [0.15, 0.2) is 0 Å². The molecule has 7 nitrogen and oxygen atoms in total. The van der Waals surface area contributed by atoms with Crippen molar-refractivity contribution in [2.75, 3.05) is 20.8 Å². The molecule has 124 valence electrons. The molecule has 0 saturated carbocycles. The Morgan fingerprint density at radius 3 is 2.32 bits per heavy atom. The molecule has 22 heavy (non-hydrogen) atoms. The van der Waals surface area contributed by atoms with E-state index in [4.69, 9.17) is 9.84 Å². The monoisotopic (exact) mass is 331 g/mol. The predicted molar refractivity (Wildman–Crippen MR) is 80.4 cm³/mol. The minimum atomic E-state index is -4.00. The van der Waals surface area contributed by atoms with E-state index in [1.54, 1.807) is 26.8 Å². The number of esters is 1. The van der Waals surface area contributed by atoms with Gasteiger partial charge in [0, 0.05) is 0 Å². The highest BCUT2D eigenvalue weighted by Gasteiger charge is 2.29. The van der Waals surface area contributed by atoms with Crippen LogP contribution in [-0.2, 0) is 19.6 Å². The minimum Gasteiger partial charge on any atom is -0.496 e. The van der Waals surface area contributed by atoms with E-state index < -0.39 is 28.6 Å². The summed E-state index contributed by atoms with van der Waals surface area (Å²) in [4.78, 5) is 11.5. The largest absolute Gasteiger partial charge is 0.496 e. The van der Waals surface area contributed by atoms with Gasteiger partial charge in [0.25, 0.3) is 0 Å². The molecule has 8 heteroatoms. The molecule has 1 rings (SSSR count). The van der Waals surface area contributed by atoms with Gasteiger partial charge in [0.2, 0.25) is 10.0 Å². The molecule has 1 unspecified atom stereocenters. The zero-order valence-corrected chi connectivity index (χ0v) is 14.1. The highest BCUT2D eigenvalue weighted by molar-refractivity contribution is 7.89. The maximum atomic E-state index is 12.5. The maximum absolute atomic E-state index is 12.5. The number of hydrogen-bond acceptors (Lipinski definition) is 6. The molecule has 0 heterocycles. The molecule has 0 saturated heterocycles. The fourth-order valence-electron chi connectivity index (χ4n) is 2.20. The third-order valence-electron chi connectivity index (χ3n) is 3.43. The van der Waals surface area contributed by atoms with E-state index in [2.05, 4.69) is 9.46 Å². The number of rotatable bonds is 6. The topological polar surface area (TPSA) is 102 Å². The summed E-state index contributed by atoms with van der Waals surface area (Å²) in [6, 6.07) is 0.263. The van der Waals surface area contributed by atoms with Gasteiger partial charge in [-0.05, 0) is 43.5 Å². The molecule has 0 aromatic heterocycles. The van der Waals surface area contributed by atoms with Crippen LogP contribution in [0.25, 0.3) is 0 Å². The molecule has 0 fully saturated rings. The number of hydrogen-bond donors (Lipinski definition) is 2. The molecular weight excluding hydrogens is 310 g/mol. The first kappa shape index (κ1) is 18.4. The average Bonchev–Trinajstić information content (AvgIpc) is 2.47. The van der Waals surface area contributed by atoms with Crippen molar-refractivity contribution < 1.29 is 27.8 Å². The van der Waals surface area contributed by atoms with Crippen LogP contribution in [0.15, 0.2) is 11.0 Å². The van der Waals surface area contributed by atoms with Crippen LogP contribution in [0, 0.1) is 20.8 Å². The molecule has 1 aromatic rings. The Morgan fingerprint density at radius 1 is 1.27 bits per heavy atom. The number of nitrogens with one attached hydrogen (secondary N) is 1. The van der Waals surface area contributed by atoms with Crippen LogP contribution in [0.3, 0.4) is 0 Å². The van der Waals surface area contributed by atoms with Gasteiger partial charge in [0.05, 0.1) is 25.7 Å². The molecule has 1 atom stereocenters. The average molecular weight is 331 g/mol. The van der Waals surface area contributed by atoms with Gasteiger partial charge < -0.3 is 14.6 Å². The van der Waals surface area contributed by atoms with Gasteiger partial charge in [0.1, 0.15) is 11.8 Å². The fourth-order valence-corrected chi connectivity index (χ4v) is 3.90. The number of carbonyl (C=O) groups excluding carboxylic acids is 1. The van der Waals surface area contributed by atoms with E-state index >= 15 is 0 Å². The number of aryl methyl sites for hydroxylation is 1. The van der Waals surface area contributed by atoms with E-state index in [0.717, 1.165) is 7.11 Å². The highest BCUT2D eigenvalue weighted by Crippen LogP contribution is 2.30. The standard InChI is InChI=1S/C14H21NO6S/c1-8-6-12(20-4)9(2)10(3)13(8)22(18,19)15-11(7-16)14(17)21-5/h6,11,15-16H,7H2,1-5H3. The van der Waals surface area contributed by atoms with Crippen LogP contribution in [0.5, 0.6) is 5.75 Å². The minimum absolute atomic E-state index is 0.0631. The second-order valence-corrected chi connectivity index (χ2v) is 6.51. The first-order valence-corrected chi connectivity index (χ1v) is 8.03. The first-order valence-electron chi connectivity index (χ1n) is 6.55. The predicted octanol–water partition coefficient (Wildman–Crippen LogP) is 0.433. The maximum Gasteiger partial charge on any atom is 0.326 e. The molecule has 0 radical (unpaired) electrons. The Hall–Kier alpha value is -1.64. The van der Waals surface area contributed by atoms with Gasteiger partial charge in [-0.2, -0.15) is 4.72 Å². The number of methoxy groups -OCH3 is 2. The summed E-state index contributed by atoms with van der Waals surface area (Å²) in [6.45, 7) is 4.34. The number of benzene rings is 1. The number of ether oxygens (including phenoxy) is 2. The van der Waals surface area contributed by atoms with Gasteiger partial charge in [-0.15, -0.1) is 0 Å². The summed E-state index contributed by atoms with van der Waals surface area (Å²) >= 11 is 0. The Labute approximate surface area is 130 Å². The number of aliphatic hydroxyl groups excluding tert-OH is 1. The second-order valence-electron chi connectivity index (χ2n) is 4.85. The van der Waals surface area contributed by atoms with E-state index in [1.165, 1.54) is 7.11 Å². The molecule has 0 aliphatic rings. The van der Waals surface area contributed by atoms with Crippen LogP contribution in [-0.4, -0.2) is 46.4 Å². The Kier molecular flexibility index (Phi) is 5.92. The number of carbonyl (C=O) groups is 1. The molecule has 0 amide bonds. The Balaban J connectivity index is 3.35. The summed E-state index contributed by atoms with van der Waals surface area (Å²) in [5.41, 5.74) is 1.69. The van der Waals surface area contributed by atoms with Crippen LogP contribution in [0.4, 0.5) is 0 Å². The van der Waals surface area contributed by atoms with Crippen LogP contribution in [0.2, 0.25) is 0 Å². The van der Waals surface area contributed by atoms with E-state index in [9.17, 15) is 13.2 Å². The van der Waals surface area contributed by atoms with Crippen LogP contribution in [0.1, 0.15) is 16.7 Å². The lowest BCUT2D eigenvalue weighted by Gasteiger charge is -2.19. The molecule has 2 N–H and O–H groups in total. The normalized spacial score (nSPS) is 12.8. The highest BCUT2D eigenvalue weighted by atomic mass is 32.2. The van der Waals surface area contributed by atoms with Crippen molar-refractivity contribution >= 4 is 16.0 Å². The van der Waals surface area contributed by atoms with Crippen molar-refractivity contribution in [2.24, 2.45) is 0 Å². The molecule has 0 aliphatic heterocycles. The van der Waals surface area contributed by atoms with Crippen molar-refractivity contribution in [3.8, 4) is 5.75 Å². The van der Waals surface area contributed by atoms with Crippen LogP contribution < -0.4 is 9.46 Å². The molecule has 0 bridgehead atoms. The number of aliphatic hydroxyl groups is 1. The zero-order chi connectivity index (χ0) is 17.1. The molecule has 0 aliphatic carbocycles. The van der Waals surface area contributed by atoms with E-state index in [1.807, 2.05) is 0 Å². The first-order chi connectivity index (χ1) is 10.2. The summed E-state index contributed by atoms with van der Waals surface area (Å²) in [5, 5.41) is 9.17. The van der Waals surface area contributed by atoms with E-state index in [0.29, 0.717) is 22.4 Å². The summed E-state index contributed by atoms with van der Waals surface area (Å²) in [7, 11) is -1.38. The van der Waals surface area contributed by atoms with Gasteiger partial charge in [-0.3, -0.25) is 4.79 Å². The number of sulfonamides is 1. The molecular formula is C14H21NO6S. The smallest absolute Gasteiger partial charge is 0.326 e. The van der Waals surface area contributed by atoms with Crippen molar-refractivity contribution in [3.63, 3.8) is 0 Å². The Morgan fingerprint density at radius 2 is 1.86 bits per heavy atom. The van der Waals surface area contributed by atoms with Gasteiger partial charge >= 0.3 is 5.97 Å². The van der Waals surface area contributed by atoms with Gasteiger partial charge in [-0.25, -0.2) is 8.42 Å². The molecule has 1 aromatic carbocycles. The summed E-state index contributed by atoms with van der Waals surface area (Å²) in [6.07, 6.45) is 0. The second kappa shape index (κ2) is 7.08. The lowest BCUT2D eigenvalue weighted by Crippen LogP contribution is -2.44. The SMILES string of the molecule is COC(=O)C(CO)NS(=O)(=O)c1c(C)cc(OC)c(C)c1C. The van der Waals surface area contributed by atoms with Crippen molar-refractivity contribution in [3.05, 3.63) is 22.8 Å². The third-order valence-corrected chi connectivity index (χ3v) is 5.19. The fraction of sp³-hybridized carbons (Fsp3) is 0.500. The lowest BCUT2D eigenvalue weighted by molar-refractivity contribution is -0.143. The lowest BCUT2D eigenvalue weighted by atomic mass is 10.1. The summed E-state index contributed by atoms with van der Waals surface area (Å²) in [5.74, 6) is -0.271. The Bertz CT molecular complexity index is 668. The zero-order valence-electron chi connectivity index (χ0n) is 13.3. The van der Waals surface area contributed by atoms with Crippen molar-refractivity contribution in [1.82, 2.24) is 4.72 Å². The quantitative estimate of drug-likeness (QED) is 0.733. The third kappa shape index (κ3) is 3.57. The van der Waals surface area contributed by atoms with Crippen LogP contribution >= 0.6 is 0 Å². The molecule has 0 spiro atoms. The van der Waals surface area contributed by atoms with E-state index in [-0.39, 0.29) is 4.90 Å². The van der Waals surface area contributed by atoms with Crippen molar-refractivity contribution in [1.29, 1.82) is 0 Å². The van der Waals surface area contributed by atoms with Gasteiger partial charge in [-0.1, -0.05) is 0 Å². The van der Waals surface area contributed by atoms with Crippen molar-refractivity contribution in [2.45, 2.75) is 31.7 Å². The summed E-state index contributed by atoms with van der Waals surface area (Å²) < 4.78 is 36.9.